The van der Waals surface area contributed by atoms with E-state index in [4.69, 9.17) is 5.73 Å². The van der Waals surface area contributed by atoms with Gasteiger partial charge in [0.15, 0.2) is 6.29 Å². The lowest BCUT2D eigenvalue weighted by atomic mass is 10.1. The first-order valence-electron chi connectivity index (χ1n) is 3.66. The maximum atomic E-state index is 12.8. The molecule has 0 saturated heterocycles. The summed E-state index contributed by atoms with van der Waals surface area (Å²) in [5, 5.41) is 0. The highest BCUT2D eigenvalue weighted by atomic mass is 19.1. The minimum absolute atomic E-state index is 0.343. The summed E-state index contributed by atoms with van der Waals surface area (Å²) in [6.45, 7) is 1.73. The largest absolute Gasteiger partial charge is 0.398 e. The molecule has 0 aliphatic heterocycles. The summed E-state index contributed by atoms with van der Waals surface area (Å²) in [5.74, 6) is 4.27. The highest BCUT2D eigenvalue weighted by molar-refractivity contribution is 5.74. The van der Waals surface area contributed by atoms with Gasteiger partial charge in [0.2, 0.25) is 0 Å². The van der Waals surface area contributed by atoms with E-state index in [-0.39, 0.29) is 0 Å². The lowest BCUT2D eigenvalue weighted by Crippen LogP contribution is -1.94. The van der Waals surface area contributed by atoms with Gasteiger partial charge in [0.25, 0.3) is 0 Å². The highest BCUT2D eigenvalue weighted by Crippen LogP contribution is 2.16. The number of nitrogen functional groups attached to an aromatic ring is 1. The van der Waals surface area contributed by atoms with Crippen molar-refractivity contribution in [1.29, 1.82) is 0 Å². The number of benzene rings is 1. The Morgan fingerprint density at radius 3 is 2.85 bits per heavy atom. The van der Waals surface area contributed by atoms with Crippen LogP contribution in [0.4, 0.5) is 10.1 Å². The number of hydrogen-bond donors (Lipinski definition) is 1. The standard InChI is InChI=1S/C10H8FNO/c1-7-8(3-2-4-13)5-9(11)6-10(7)12/h4-6H,12H2,1H3. The predicted octanol–water partition coefficient (Wildman–Crippen LogP) is 1.27. The summed E-state index contributed by atoms with van der Waals surface area (Å²) in [4.78, 5) is 9.96. The van der Waals surface area contributed by atoms with E-state index >= 15 is 0 Å². The molecule has 1 aromatic carbocycles. The lowest BCUT2D eigenvalue weighted by Gasteiger charge is -2.02. The average molecular weight is 177 g/mol. The maximum Gasteiger partial charge on any atom is 0.193 e. The van der Waals surface area contributed by atoms with Crippen LogP contribution in [0.25, 0.3) is 0 Å². The fourth-order valence-electron chi connectivity index (χ4n) is 0.937. The quantitative estimate of drug-likeness (QED) is 0.368. The Morgan fingerprint density at radius 1 is 1.54 bits per heavy atom. The van der Waals surface area contributed by atoms with Crippen molar-refractivity contribution in [3.05, 3.63) is 29.1 Å². The minimum Gasteiger partial charge on any atom is -0.398 e. The molecule has 0 amide bonds. The van der Waals surface area contributed by atoms with Gasteiger partial charge in [-0.2, -0.15) is 0 Å². The summed E-state index contributed by atoms with van der Waals surface area (Å²) in [7, 11) is 0. The molecule has 0 unspecified atom stereocenters. The Labute approximate surface area is 75.6 Å². The Bertz CT molecular complexity index is 401. The van der Waals surface area contributed by atoms with Crippen LogP contribution in [0.5, 0.6) is 0 Å². The summed E-state index contributed by atoms with van der Waals surface area (Å²) in [6, 6.07) is 2.48. The molecule has 2 N–H and O–H groups in total. The monoisotopic (exact) mass is 177 g/mol. The van der Waals surface area contributed by atoms with Gasteiger partial charge < -0.3 is 5.73 Å². The van der Waals surface area contributed by atoms with Crippen molar-refractivity contribution < 1.29 is 9.18 Å². The summed E-state index contributed by atoms with van der Waals surface area (Å²) >= 11 is 0. The van der Waals surface area contributed by atoms with Gasteiger partial charge in [-0.1, -0.05) is 5.92 Å². The molecule has 0 aromatic heterocycles. The zero-order chi connectivity index (χ0) is 9.84. The smallest absolute Gasteiger partial charge is 0.193 e. The second-order valence-electron chi connectivity index (χ2n) is 2.55. The van der Waals surface area contributed by atoms with Crippen LogP contribution in [0, 0.1) is 24.6 Å². The summed E-state index contributed by atoms with van der Waals surface area (Å²) < 4.78 is 12.8. The number of rotatable bonds is 0. The van der Waals surface area contributed by atoms with E-state index in [1.165, 1.54) is 12.1 Å². The first kappa shape index (κ1) is 9.27. The maximum absolute atomic E-state index is 12.8. The number of hydrogen-bond acceptors (Lipinski definition) is 2. The molecule has 0 radical (unpaired) electrons. The molecule has 0 heterocycles. The number of aldehydes is 1. The fraction of sp³-hybridized carbons (Fsp3) is 0.100. The molecule has 0 bridgehead atoms. The van der Waals surface area contributed by atoms with Crippen molar-refractivity contribution in [3.63, 3.8) is 0 Å². The van der Waals surface area contributed by atoms with Gasteiger partial charge in [-0.05, 0) is 30.5 Å². The molecule has 1 aromatic rings. The van der Waals surface area contributed by atoms with Gasteiger partial charge in [-0.25, -0.2) is 4.39 Å². The van der Waals surface area contributed by atoms with Crippen LogP contribution >= 0.6 is 0 Å². The Kier molecular flexibility index (Phi) is 2.65. The second-order valence-corrected chi connectivity index (χ2v) is 2.55. The number of nitrogens with two attached hydrogens (primary N) is 1. The van der Waals surface area contributed by atoms with Crippen LogP contribution in [0.2, 0.25) is 0 Å². The number of carbonyl (C=O) groups is 1. The zero-order valence-corrected chi connectivity index (χ0v) is 7.10. The third kappa shape index (κ3) is 2.06. The molecule has 66 valence electrons. The molecule has 1 rings (SSSR count). The molecule has 2 nitrogen and oxygen atoms in total. The van der Waals surface area contributed by atoms with Crippen LogP contribution in [0.1, 0.15) is 11.1 Å². The molecule has 0 atom stereocenters. The third-order valence-electron chi connectivity index (χ3n) is 1.68. The fourth-order valence-corrected chi connectivity index (χ4v) is 0.937. The first-order chi connectivity index (χ1) is 6.15. The van der Waals surface area contributed by atoms with Crippen molar-refractivity contribution in [1.82, 2.24) is 0 Å². The molecular formula is C10H8FNO. The van der Waals surface area contributed by atoms with Gasteiger partial charge in [0.1, 0.15) is 5.82 Å². The second kappa shape index (κ2) is 3.72. The predicted molar refractivity (Wildman–Crippen MR) is 48.5 cm³/mol. The molecular weight excluding hydrogens is 169 g/mol. The van der Waals surface area contributed by atoms with Crippen molar-refractivity contribution in [3.8, 4) is 11.8 Å². The molecule has 0 fully saturated rings. The van der Waals surface area contributed by atoms with Gasteiger partial charge in [0, 0.05) is 11.3 Å². The Hall–Kier alpha value is -1.82. The average Bonchev–Trinajstić information content (AvgIpc) is 2.09. The number of anilines is 1. The van der Waals surface area contributed by atoms with Crippen molar-refractivity contribution in [2.75, 3.05) is 5.73 Å². The third-order valence-corrected chi connectivity index (χ3v) is 1.68. The van der Waals surface area contributed by atoms with Crippen molar-refractivity contribution in [2.24, 2.45) is 0 Å². The van der Waals surface area contributed by atoms with Crippen molar-refractivity contribution >= 4 is 12.0 Å². The van der Waals surface area contributed by atoms with Crippen molar-refractivity contribution in [2.45, 2.75) is 6.92 Å². The molecule has 0 aliphatic carbocycles. The zero-order valence-electron chi connectivity index (χ0n) is 7.10. The van der Waals surface area contributed by atoms with Gasteiger partial charge in [-0.3, -0.25) is 4.79 Å². The highest BCUT2D eigenvalue weighted by Gasteiger charge is 2.01. The van der Waals surface area contributed by atoms with Crippen LogP contribution in [0.15, 0.2) is 12.1 Å². The molecule has 13 heavy (non-hydrogen) atoms. The van der Waals surface area contributed by atoms with E-state index in [1.54, 1.807) is 6.92 Å². The lowest BCUT2D eigenvalue weighted by molar-refractivity contribution is -0.103. The minimum atomic E-state index is -0.446. The van der Waals surface area contributed by atoms with Crippen LogP contribution in [0.3, 0.4) is 0 Å². The molecule has 3 heteroatoms. The van der Waals surface area contributed by atoms with Crippen LogP contribution < -0.4 is 5.73 Å². The van der Waals surface area contributed by atoms with Crippen LogP contribution in [-0.4, -0.2) is 6.29 Å². The first-order valence-corrected chi connectivity index (χ1v) is 3.66. The Balaban J connectivity index is 3.28. The van der Waals surface area contributed by atoms with E-state index in [1.807, 2.05) is 0 Å². The van der Waals surface area contributed by atoms with Gasteiger partial charge in [-0.15, -0.1) is 0 Å². The van der Waals surface area contributed by atoms with E-state index in [9.17, 15) is 9.18 Å². The summed E-state index contributed by atoms with van der Waals surface area (Å²) in [5.41, 5.74) is 6.98. The molecule has 0 saturated carbocycles. The van der Waals surface area contributed by atoms with E-state index in [0.29, 0.717) is 23.1 Å². The van der Waals surface area contributed by atoms with Gasteiger partial charge >= 0.3 is 0 Å². The van der Waals surface area contributed by atoms with Crippen LogP contribution in [-0.2, 0) is 4.79 Å². The SMILES string of the molecule is Cc1c(N)cc(F)cc1C#CC=O. The number of carbonyl (C=O) groups excluding carboxylic acids is 1. The van der Waals surface area contributed by atoms with E-state index in [0.717, 1.165) is 0 Å². The van der Waals surface area contributed by atoms with E-state index < -0.39 is 5.82 Å². The van der Waals surface area contributed by atoms with Gasteiger partial charge in [0.05, 0.1) is 0 Å². The summed E-state index contributed by atoms with van der Waals surface area (Å²) in [6.07, 6.45) is 0.459. The normalized spacial score (nSPS) is 8.77. The molecule has 0 aliphatic rings. The Morgan fingerprint density at radius 2 is 2.23 bits per heavy atom. The molecule has 0 spiro atoms. The number of halogens is 1. The topological polar surface area (TPSA) is 43.1 Å². The van der Waals surface area contributed by atoms with E-state index in [2.05, 4.69) is 11.8 Å².